The highest BCUT2D eigenvalue weighted by molar-refractivity contribution is 7.98. The number of aromatic nitrogens is 1. The number of hydrogen-bond acceptors (Lipinski definition) is 4. The number of methoxy groups -OCH3 is 2. The lowest BCUT2D eigenvalue weighted by molar-refractivity contribution is 0.157. The van der Waals surface area contributed by atoms with Gasteiger partial charge in [0.05, 0.1) is 19.9 Å². The summed E-state index contributed by atoms with van der Waals surface area (Å²) in [6.07, 6.45) is 7.31. The van der Waals surface area contributed by atoms with Crippen molar-refractivity contribution in [1.29, 1.82) is 0 Å². The lowest BCUT2D eigenvalue weighted by Crippen LogP contribution is -2.26. The number of rotatable bonds is 6. The van der Waals surface area contributed by atoms with Gasteiger partial charge < -0.3 is 9.47 Å². The molecule has 3 nitrogen and oxygen atoms in total. The first-order valence-corrected chi connectivity index (χ1v) is 9.74. The SMILES string of the molecule is COc1ccnc(CSCC2CCC(C(C)(C)C)CC2)c1OC. The summed E-state index contributed by atoms with van der Waals surface area (Å²) in [6.45, 7) is 7.15. The van der Waals surface area contributed by atoms with Crippen LogP contribution in [-0.2, 0) is 5.75 Å². The molecule has 1 aliphatic carbocycles. The van der Waals surface area contributed by atoms with Gasteiger partial charge in [-0.05, 0) is 48.7 Å². The molecular formula is C19H31NO2S. The Morgan fingerprint density at radius 3 is 2.39 bits per heavy atom. The lowest BCUT2D eigenvalue weighted by Gasteiger charge is -2.36. The number of nitrogens with zero attached hydrogens (tertiary/aromatic N) is 1. The largest absolute Gasteiger partial charge is 0.493 e. The van der Waals surface area contributed by atoms with Gasteiger partial charge in [-0.3, -0.25) is 4.98 Å². The third-order valence-electron chi connectivity index (χ3n) is 5.03. The van der Waals surface area contributed by atoms with Crippen molar-refractivity contribution < 1.29 is 9.47 Å². The van der Waals surface area contributed by atoms with Gasteiger partial charge in [0.15, 0.2) is 11.5 Å². The molecule has 1 aliphatic rings. The van der Waals surface area contributed by atoms with Crippen molar-refractivity contribution in [2.75, 3.05) is 20.0 Å². The van der Waals surface area contributed by atoms with Crippen LogP contribution in [0.4, 0.5) is 0 Å². The predicted octanol–water partition coefficient (Wildman–Crippen LogP) is 5.18. The maximum absolute atomic E-state index is 5.46. The highest BCUT2D eigenvalue weighted by Crippen LogP contribution is 2.41. The van der Waals surface area contributed by atoms with Crippen LogP contribution in [0.2, 0.25) is 0 Å². The van der Waals surface area contributed by atoms with Crippen LogP contribution in [0, 0.1) is 17.3 Å². The molecule has 4 heteroatoms. The molecular weight excluding hydrogens is 306 g/mol. The quantitative estimate of drug-likeness (QED) is 0.715. The van der Waals surface area contributed by atoms with Gasteiger partial charge in [-0.2, -0.15) is 11.8 Å². The maximum atomic E-state index is 5.46. The Morgan fingerprint density at radius 2 is 1.83 bits per heavy atom. The standard InChI is InChI=1S/C19H31NO2S/c1-19(2,3)15-8-6-14(7-9-15)12-23-13-16-18(22-5)17(21-4)10-11-20-16/h10-11,14-15H,6-9,12-13H2,1-5H3. The first kappa shape index (κ1) is 18.4. The average Bonchev–Trinajstić information content (AvgIpc) is 2.54. The summed E-state index contributed by atoms with van der Waals surface area (Å²) < 4.78 is 10.8. The summed E-state index contributed by atoms with van der Waals surface area (Å²) in [5, 5.41) is 0. The second-order valence-electron chi connectivity index (χ2n) is 7.59. The van der Waals surface area contributed by atoms with Crippen molar-refractivity contribution in [1.82, 2.24) is 4.98 Å². The topological polar surface area (TPSA) is 31.4 Å². The first-order valence-electron chi connectivity index (χ1n) is 8.59. The fraction of sp³-hybridized carbons (Fsp3) is 0.737. The van der Waals surface area contributed by atoms with Gasteiger partial charge >= 0.3 is 0 Å². The molecule has 0 radical (unpaired) electrons. The minimum absolute atomic E-state index is 0.468. The van der Waals surface area contributed by atoms with Crippen LogP contribution >= 0.6 is 11.8 Å². The Morgan fingerprint density at radius 1 is 1.13 bits per heavy atom. The molecule has 23 heavy (non-hydrogen) atoms. The maximum Gasteiger partial charge on any atom is 0.183 e. The summed E-state index contributed by atoms with van der Waals surface area (Å²) in [5.41, 5.74) is 1.45. The van der Waals surface area contributed by atoms with E-state index in [1.807, 2.05) is 17.8 Å². The lowest BCUT2D eigenvalue weighted by atomic mass is 9.70. The van der Waals surface area contributed by atoms with Crippen molar-refractivity contribution in [3.63, 3.8) is 0 Å². The van der Waals surface area contributed by atoms with Crippen LogP contribution < -0.4 is 9.47 Å². The molecule has 1 aromatic rings. The monoisotopic (exact) mass is 337 g/mol. The zero-order valence-corrected chi connectivity index (χ0v) is 16.0. The Bertz CT molecular complexity index is 491. The number of ether oxygens (including phenoxy) is 2. The summed E-state index contributed by atoms with van der Waals surface area (Å²) >= 11 is 1.97. The van der Waals surface area contributed by atoms with Crippen molar-refractivity contribution >= 4 is 11.8 Å². The number of hydrogen-bond donors (Lipinski definition) is 0. The Balaban J connectivity index is 1.80. The first-order chi connectivity index (χ1) is 11.0. The number of thioether (sulfide) groups is 1. The molecule has 1 fully saturated rings. The van der Waals surface area contributed by atoms with Crippen molar-refractivity contribution in [3.8, 4) is 11.5 Å². The number of pyridine rings is 1. The Kier molecular flexibility index (Phi) is 6.63. The molecule has 0 amide bonds. The molecule has 130 valence electrons. The third-order valence-corrected chi connectivity index (χ3v) is 6.21. The van der Waals surface area contributed by atoms with E-state index in [0.29, 0.717) is 5.41 Å². The van der Waals surface area contributed by atoms with Crippen molar-refractivity contribution in [2.45, 2.75) is 52.2 Å². The predicted molar refractivity (Wildman–Crippen MR) is 98.4 cm³/mol. The second-order valence-corrected chi connectivity index (χ2v) is 8.62. The van der Waals surface area contributed by atoms with Crippen LogP contribution in [0.3, 0.4) is 0 Å². The smallest absolute Gasteiger partial charge is 0.183 e. The highest BCUT2D eigenvalue weighted by Gasteiger charge is 2.29. The van der Waals surface area contributed by atoms with Crippen LogP contribution in [-0.4, -0.2) is 25.0 Å². The van der Waals surface area contributed by atoms with Gasteiger partial charge in [0.1, 0.15) is 0 Å². The van der Waals surface area contributed by atoms with Gasteiger partial charge in [-0.25, -0.2) is 0 Å². The van der Waals surface area contributed by atoms with Crippen LogP contribution in [0.25, 0.3) is 0 Å². The summed E-state index contributed by atoms with van der Waals surface area (Å²) in [4.78, 5) is 4.46. The summed E-state index contributed by atoms with van der Waals surface area (Å²) in [5.74, 6) is 5.40. The molecule has 0 N–H and O–H groups in total. The van der Waals surface area contributed by atoms with Crippen LogP contribution in [0.15, 0.2) is 12.3 Å². The fourth-order valence-electron chi connectivity index (χ4n) is 3.47. The molecule has 1 heterocycles. The van der Waals surface area contributed by atoms with Crippen LogP contribution in [0.1, 0.15) is 52.1 Å². The van der Waals surface area contributed by atoms with Crippen molar-refractivity contribution in [2.24, 2.45) is 17.3 Å². The van der Waals surface area contributed by atoms with Gasteiger partial charge in [0.25, 0.3) is 0 Å². The molecule has 0 saturated heterocycles. The van der Waals surface area contributed by atoms with Gasteiger partial charge in [0, 0.05) is 18.0 Å². The normalized spacial score (nSPS) is 22.0. The highest BCUT2D eigenvalue weighted by atomic mass is 32.2. The van der Waals surface area contributed by atoms with Crippen LogP contribution in [0.5, 0.6) is 11.5 Å². The minimum atomic E-state index is 0.468. The second kappa shape index (κ2) is 8.27. The zero-order valence-electron chi connectivity index (χ0n) is 15.2. The molecule has 0 aromatic carbocycles. The Labute approximate surface area is 145 Å². The van der Waals surface area contributed by atoms with E-state index in [9.17, 15) is 0 Å². The van der Waals surface area contributed by atoms with E-state index in [-0.39, 0.29) is 0 Å². The van der Waals surface area contributed by atoms with E-state index in [4.69, 9.17) is 9.47 Å². The van der Waals surface area contributed by atoms with E-state index in [1.165, 1.54) is 31.4 Å². The van der Waals surface area contributed by atoms with Gasteiger partial charge in [-0.15, -0.1) is 0 Å². The zero-order chi connectivity index (χ0) is 16.9. The molecule has 1 aromatic heterocycles. The molecule has 0 bridgehead atoms. The fourth-order valence-corrected chi connectivity index (χ4v) is 4.65. The summed E-state index contributed by atoms with van der Waals surface area (Å²) in [7, 11) is 3.35. The Hall–Kier alpha value is -0.900. The van der Waals surface area contributed by atoms with Gasteiger partial charge in [-0.1, -0.05) is 20.8 Å². The molecule has 0 spiro atoms. The van der Waals surface area contributed by atoms with E-state index in [1.54, 1.807) is 20.4 Å². The third kappa shape index (κ3) is 5.03. The van der Waals surface area contributed by atoms with E-state index in [2.05, 4.69) is 25.8 Å². The molecule has 0 atom stereocenters. The van der Waals surface area contributed by atoms with E-state index in [0.717, 1.165) is 34.8 Å². The molecule has 0 aliphatic heterocycles. The van der Waals surface area contributed by atoms with E-state index >= 15 is 0 Å². The average molecular weight is 338 g/mol. The van der Waals surface area contributed by atoms with E-state index < -0.39 is 0 Å². The molecule has 0 unspecified atom stereocenters. The summed E-state index contributed by atoms with van der Waals surface area (Å²) in [6, 6.07) is 1.85. The molecule has 2 rings (SSSR count). The minimum Gasteiger partial charge on any atom is -0.493 e. The van der Waals surface area contributed by atoms with Gasteiger partial charge in [0.2, 0.25) is 0 Å². The molecule has 1 saturated carbocycles. The van der Waals surface area contributed by atoms with Crippen molar-refractivity contribution in [3.05, 3.63) is 18.0 Å².